The van der Waals surface area contributed by atoms with Gasteiger partial charge in [-0.2, -0.15) is 0 Å². The molecule has 0 heterocycles. The minimum Gasteiger partial charge on any atom is -0.397 e. The lowest BCUT2D eigenvalue weighted by molar-refractivity contribution is 0.0956. The van der Waals surface area contributed by atoms with Crippen molar-refractivity contribution in [2.75, 3.05) is 17.6 Å². The highest BCUT2D eigenvalue weighted by Gasteiger charge is 2.11. The monoisotopic (exact) mass is 265 g/mol. The van der Waals surface area contributed by atoms with Crippen LogP contribution in [0.1, 0.15) is 37.6 Å². The predicted octanol–water partition coefficient (Wildman–Crippen LogP) is 1.59. The molecule has 0 saturated carbocycles. The van der Waals surface area contributed by atoms with Gasteiger partial charge in [-0.05, 0) is 45.4 Å². The number of rotatable bonds is 6. The van der Waals surface area contributed by atoms with E-state index in [4.69, 9.17) is 5.73 Å². The van der Waals surface area contributed by atoms with Crippen LogP contribution in [-0.4, -0.2) is 29.7 Å². The van der Waals surface area contributed by atoms with E-state index in [0.717, 1.165) is 5.69 Å². The van der Waals surface area contributed by atoms with E-state index in [1.54, 1.807) is 25.1 Å². The summed E-state index contributed by atoms with van der Waals surface area (Å²) in [6.45, 7) is 6.17. The van der Waals surface area contributed by atoms with Crippen molar-refractivity contribution in [2.45, 2.75) is 39.3 Å². The van der Waals surface area contributed by atoms with Crippen molar-refractivity contribution in [1.29, 1.82) is 0 Å². The van der Waals surface area contributed by atoms with Crippen LogP contribution in [0.5, 0.6) is 0 Å². The van der Waals surface area contributed by atoms with Crippen molar-refractivity contribution in [2.24, 2.45) is 0 Å². The first-order valence-electron chi connectivity index (χ1n) is 6.56. The fourth-order valence-corrected chi connectivity index (χ4v) is 1.92. The molecule has 0 spiro atoms. The molecule has 0 bridgehead atoms. The molecule has 19 heavy (non-hydrogen) atoms. The number of carbonyl (C=O) groups excluding carboxylic acids is 1. The minimum absolute atomic E-state index is 0.0757. The SMILES string of the molecule is CCNC(=O)c1ccc(N)c(NC(C)CC(C)O)c1. The Labute approximate surface area is 114 Å². The number of nitrogen functional groups attached to an aromatic ring is 1. The topological polar surface area (TPSA) is 87.4 Å². The molecule has 5 N–H and O–H groups in total. The van der Waals surface area contributed by atoms with E-state index in [-0.39, 0.29) is 18.1 Å². The second kappa shape index (κ2) is 6.99. The third kappa shape index (κ3) is 4.79. The van der Waals surface area contributed by atoms with Crippen LogP contribution in [0.15, 0.2) is 18.2 Å². The zero-order chi connectivity index (χ0) is 14.4. The number of hydrogen-bond acceptors (Lipinski definition) is 4. The van der Waals surface area contributed by atoms with Crippen molar-refractivity contribution in [3.8, 4) is 0 Å². The molecule has 5 heteroatoms. The maximum atomic E-state index is 11.8. The van der Waals surface area contributed by atoms with Gasteiger partial charge in [0.25, 0.3) is 5.91 Å². The Morgan fingerprint density at radius 2 is 2.11 bits per heavy atom. The molecule has 0 fully saturated rings. The van der Waals surface area contributed by atoms with Gasteiger partial charge in [0, 0.05) is 18.2 Å². The maximum absolute atomic E-state index is 11.8. The fraction of sp³-hybridized carbons (Fsp3) is 0.500. The third-order valence-electron chi connectivity index (χ3n) is 2.75. The molecule has 5 nitrogen and oxygen atoms in total. The van der Waals surface area contributed by atoms with Gasteiger partial charge >= 0.3 is 0 Å². The van der Waals surface area contributed by atoms with Gasteiger partial charge in [-0.1, -0.05) is 0 Å². The standard InChI is InChI=1S/C14H23N3O2/c1-4-16-14(19)11-5-6-12(15)13(8-11)17-9(2)7-10(3)18/h5-6,8-10,17-18H,4,7,15H2,1-3H3,(H,16,19). The lowest BCUT2D eigenvalue weighted by Crippen LogP contribution is -2.24. The van der Waals surface area contributed by atoms with Gasteiger partial charge in [0.15, 0.2) is 0 Å². The average Bonchev–Trinajstić information content (AvgIpc) is 2.31. The molecule has 1 amide bonds. The van der Waals surface area contributed by atoms with Gasteiger partial charge in [0.05, 0.1) is 17.5 Å². The summed E-state index contributed by atoms with van der Waals surface area (Å²) in [7, 11) is 0. The molecule has 0 aliphatic heterocycles. The lowest BCUT2D eigenvalue weighted by atomic mass is 10.1. The summed E-state index contributed by atoms with van der Waals surface area (Å²) in [5.74, 6) is -0.117. The van der Waals surface area contributed by atoms with Crippen molar-refractivity contribution >= 4 is 17.3 Å². The number of nitrogens with one attached hydrogen (secondary N) is 2. The number of aliphatic hydroxyl groups excluding tert-OH is 1. The van der Waals surface area contributed by atoms with Crippen LogP contribution in [0, 0.1) is 0 Å². The van der Waals surface area contributed by atoms with Crippen LogP contribution in [0.2, 0.25) is 0 Å². The van der Waals surface area contributed by atoms with Crippen LogP contribution in [0.3, 0.4) is 0 Å². The Balaban J connectivity index is 2.82. The number of amides is 1. The van der Waals surface area contributed by atoms with Crippen molar-refractivity contribution in [3.05, 3.63) is 23.8 Å². The van der Waals surface area contributed by atoms with Crippen LogP contribution in [0.4, 0.5) is 11.4 Å². The van der Waals surface area contributed by atoms with Gasteiger partial charge in [-0.3, -0.25) is 4.79 Å². The normalized spacial score (nSPS) is 13.7. The van der Waals surface area contributed by atoms with E-state index in [9.17, 15) is 9.90 Å². The summed E-state index contributed by atoms with van der Waals surface area (Å²) in [4.78, 5) is 11.8. The van der Waals surface area contributed by atoms with E-state index in [2.05, 4.69) is 10.6 Å². The highest BCUT2D eigenvalue weighted by molar-refractivity contribution is 5.96. The van der Waals surface area contributed by atoms with E-state index in [1.165, 1.54) is 0 Å². The second-order valence-electron chi connectivity index (χ2n) is 4.79. The average molecular weight is 265 g/mol. The Kier molecular flexibility index (Phi) is 5.63. The maximum Gasteiger partial charge on any atom is 0.251 e. The zero-order valence-electron chi connectivity index (χ0n) is 11.7. The lowest BCUT2D eigenvalue weighted by Gasteiger charge is -2.18. The summed E-state index contributed by atoms with van der Waals surface area (Å²) >= 11 is 0. The Hall–Kier alpha value is -1.75. The number of hydrogen-bond donors (Lipinski definition) is 4. The zero-order valence-corrected chi connectivity index (χ0v) is 11.7. The Morgan fingerprint density at radius 3 is 2.68 bits per heavy atom. The van der Waals surface area contributed by atoms with E-state index >= 15 is 0 Å². The number of benzene rings is 1. The molecule has 2 atom stereocenters. The summed E-state index contributed by atoms with van der Waals surface area (Å²) in [6, 6.07) is 5.22. The van der Waals surface area contributed by atoms with E-state index in [1.807, 2.05) is 13.8 Å². The van der Waals surface area contributed by atoms with Gasteiger partial charge in [0.1, 0.15) is 0 Å². The van der Waals surface area contributed by atoms with Crippen LogP contribution < -0.4 is 16.4 Å². The molecule has 0 aliphatic rings. The van der Waals surface area contributed by atoms with Gasteiger partial charge in [0.2, 0.25) is 0 Å². The molecule has 1 aromatic rings. The molecule has 0 radical (unpaired) electrons. The molecule has 0 aliphatic carbocycles. The highest BCUT2D eigenvalue weighted by atomic mass is 16.3. The molecule has 1 aromatic carbocycles. The van der Waals surface area contributed by atoms with Crippen molar-refractivity contribution in [1.82, 2.24) is 5.32 Å². The van der Waals surface area contributed by atoms with Gasteiger partial charge in [-0.25, -0.2) is 0 Å². The van der Waals surface area contributed by atoms with Gasteiger partial charge in [-0.15, -0.1) is 0 Å². The van der Waals surface area contributed by atoms with E-state index < -0.39 is 0 Å². The summed E-state index contributed by atoms with van der Waals surface area (Å²) in [6.07, 6.45) is 0.237. The molecule has 106 valence electrons. The highest BCUT2D eigenvalue weighted by Crippen LogP contribution is 2.21. The van der Waals surface area contributed by atoms with Crippen LogP contribution in [-0.2, 0) is 0 Å². The number of carbonyl (C=O) groups is 1. The van der Waals surface area contributed by atoms with Crippen LogP contribution in [0.25, 0.3) is 0 Å². The molecular weight excluding hydrogens is 242 g/mol. The fourth-order valence-electron chi connectivity index (χ4n) is 1.92. The van der Waals surface area contributed by atoms with E-state index in [0.29, 0.717) is 24.2 Å². The molecular formula is C14H23N3O2. The van der Waals surface area contributed by atoms with Gasteiger partial charge < -0.3 is 21.5 Å². The third-order valence-corrected chi connectivity index (χ3v) is 2.75. The first-order valence-corrected chi connectivity index (χ1v) is 6.56. The largest absolute Gasteiger partial charge is 0.397 e. The second-order valence-corrected chi connectivity index (χ2v) is 4.79. The molecule has 0 aromatic heterocycles. The van der Waals surface area contributed by atoms with Crippen molar-refractivity contribution in [3.63, 3.8) is 0 Å². The van der Waals surface area contributed by atoms with Crippen LogP contribution >= 0.6 is 0 Å². The minimum atomic E-state index is -0.379. The quantitative estimate of drug-likeness (QED) is 0.588. The summed E-state index contributed by atoms with van der Waals surface area (Å²) < 4.78 is 0. The summed E-state index contributed by atoms with van der Waals surface area (Å²) in [5, 5.41) is 15.3. The number of aliphatic hydroxyl groups is 1. The molecule has 0 saturated heterocycles. The Bertz CT molecular complexity index is 433. The molecule has 2 unspecified atom stereocenters. The Morgan fingerprint density at radius 1 is 1.42 bits per heavy atom. The first kappa shape index (κ1) is 15.3. The summed E-state index contributed by atoms with van der Waals surface area (Å²) in [5.41, 5.74) is 7.77. The predicted molar refractivity (Wildman–Crippen MR) is 78.2 cm³/mol. The smallest absolute Gasteiger partial charge is 0.251 e. The van der Waals surface area contributed by atoms with Crippen molar-refractivity contribution < 1.29 is 9.90 Å². The number of anilines is 2. The molecule has 1 rings (SSSR count). The first-order chi connectivity index (χ1) is 8.93. The number of nitrogens with two attached hydrogens (primary N) is 1.